The summed E-state index contributed by atoms with van der Waals surface area (Å²) in [6.07, 6.45) is -1.49. The molecule has 6 heteroatoms. The Balaban J connectivity index is 1.92. The Morgan fingerprint density at radius 3 is 2.71 bits per heavy atom. The van der Waals surface area contributed by atoms with Crippen molar-refractivity contribution in [3.63, 3.8) is 0 Å². The molecule has 0 aromatic heterocycles. The first-order chi connectivity index (χ1) is 9.91. The zero-order chi connectivity index (χ0) is 15.2. The fourth-order valence-corrected chi connectivity index (χ4v) is 2.97. The monoisotopic (exact) mass is 293 g/mol. The highest BCUT2D eigenvalue weighted by Crippen LogP contribution is 2.45. The highest BCUT2D eigenvalue weighted by atomic mass is 16.8. The number of benzene rings is 1. The van der Waals surface area contributed by atoms with Crippen molar-refractivity contribution in [1.29, 1.82) is 0 Å². The van der Waals surface area contributed by atoms with Crippen LogP contribution in [-0.4, -0.2) is 41.7 Å². The van der Waals surface area contributed by atoms with E-state index in [1.165, 1.54) is 0 Å². The minimum absolute atomic E-state index is 0.146. The second kappa shape index (κ2) is 5.06. The van der Waals surface area contributed by atoms with Crippen LogP contribution in [0.5, 0.6) is 0 Å². The Bertz CT molecular complexity index is 559. The molecule has 0 radical (unpaired) electrons. The maximum absolute atomic E-state index is 11.3. The van der Waals surface area contributed by atoms with Gasteiger partial charge in [0.1, 0.15) is 24.4 Å². The van der Waals surface area contributed by atoms with Crippen LogP contribution in [0.4, 0.5) is 0 Å². The summed E-state index contributed by atoms with van der Waals surface area (Å²) < 4.78 is 17.5. The summed E-state index contributed by atoms with van der Waals surface area (Å²) >= 11 is 0. The molecule has 0 saturated carbocycles. The summed E-state index contributed by atoms with van der Waals surface area (Å²) in [6.45, 7) is 3.51. The zero-order valence-corrected chi connectivity index (χ0v) is 12.0. The van der Waals surface area contributed by atoms with Crippen LogP contribution in [-0.2, 0) is 14.2 Å². The van der Waals surface area contributed by atoms with Gasteiger partial charge in [-0.2, -0.15) is 0 Å². The molecule has 1 amide bonds. The van der Waals surface area contributed by atoms with Crippen molar-refractivity contribution in [3.05, 3.63) is 35.4 Å². The van der Waals surface area contributed by atoms with Gasteiger partial charge in [0.05, 0.1) is 6.61 Å². The van der Waals surface area contributed by atoms with Gasteiger partial charge < -0.3 is 25.1 Å². The number of amides is 1. The van der Waals surface area contributed by atoms with E-state index in [2.05, 4.69) is 0 Å². The number of fused-ring (bicyclic) bond motifs is 1. The summed E-state index contributed by atoms with van der Waals surface area (Å²) in [5.41, 5.74) is 6.51. The lowest BCUT2D eigenvalue weighted by Crippen LogP contribution is -2.31. The summed E-state index contributed by atoms with van der Waals surface area (Å²) in [6, 6.07) is 6.94. The summed E-state index contributed by atoms with van der Waals surface area (Å²) in [5, 5.41) is 9.46. The largest absolute Gasteiger partial charge is 0.394 e. The minimum Gasteiger partial charge on any atom is -0.394 e. The van der Waals surface area contributed by atoms with Crippen molar-refractivity contribution in [2.75, 3.05) is 6.61 Å². The van der Waals surface area contributed by atoms with E-state index in [0.717, 1.165) is 5.56 Å². The Morgan fingerprint density at radius 2 is 2.05 bits per heavy atom. The first kappa shape index (κ1) is 14.5. The SMILES string of the molecule is CC1(C)OC2[C@H](CO)O[C@H](c3cccc(C(N)=O)c3)[C@@H]2O1. The molecule has 3 rings (SSSR count). The van der Waals surface area contributed by atoms with E-state index in [1.807, 2.05) is 19.9 Å². The van der Waals surface area contributed by atoms with Crippen LogP contribution in [0.15, 0.2) is 24.3 Å². The minimum atomic E-state index is -0.716. The van der Waals surface area contributed by atoms with Gasteiger partial charge in [-0.3, -0.25) is 4.79 Å². The summed E-state index contributed by atoms with van der Waals surface area (Å²) in [7, 11) is 0. The maximum atomic E-state index is 11.3. The maximum Gasteiger partial charge on any atom is 0.248 e. The lowest BCUT2D eigenvalue weighted by Gasteiger charge is -2.23. The number of rotatable bonds is 3. The van der Waals surface area contributed by atoms with Gasteiger partial charge in [-0.1, -0.05) is 12.1 Å². The van der Waals surface area contributed by atoms with E-state index < -0.39 is 23.9 Å². The number of primary amides is 1. The molecule has 21 heavy (non-hydrogen) atoms. The Kier molecular flexibility index (Phi) is 3.49. The van der Waals surface area contributed by atoms with Gasteiger partial charge in [0, 0.05) is 5.56 Å². The highest BCUT2D eigenvalue weighted by Gasteiger charge is 2.55. The first-order valence-corrected chi connectivity index (χ1v) is 6.93. The highest BCUT2D eigenvalue weighted by molar-refractivity contribution is 5.92. The number of aliphatic hydroxyl groups excluding tert-OH is 1. The molecule has 6 nitrogen and oxygen atoms in total. The smallest absolute Gasteiger partial charge is 0.248 e. The van der Waals surface area contributed by atoms with E-state index in [1.54, 1.807) is 18.2 Å². The standard InChI is InChI=1S/C15H19NO5/c1-15(2)20-12-10(7-17)19-11(13(12)21-15)8-4-3-5-9(6-8)14(16)18/h3-6,10-13,17H,7H2,1-2H3,(H2,16,18)/t10-,11+,12?,13-/m0/s1. The van der Waals surface area contributed by atoms with Crippen LogP contribution < -0.4 is 5.73 Å². The molecule has 2 fully saturated rings. The zero-order valence-electron chi connectivity index (χ0n) is 12.0. The summed E-state index contributed by atoms with van der Waals surface area (Å²) in [5.74, 6) is -1.21. The topological polar surface area (TPSA) is 91.0 Å². The van der Waals surface area contributed by atoms with Crippen LogP contribution in [0.25, 0.3) is 0 Å². The molecule has 1 aromatic rings. The molecule has 4 atom stereocenters. The third-order valence-electron chi connectivity index (χ3n) is 3.83. The van der Waals surface area contributed by atoms with Crippen molar-refractivity contribution < 1.29 is 24.1 Å². The third-order valence-corrected chi connectivity index (χ3v) is 3.83. The van der Waals surface area contributed by atoms with Gasteiger partial charge in [0.25, 0.3) is 0 Å². The molecular weight excluding hydrogens is 274 g/mol. The van der Waals surface area contributed by atoms with Gasteiger partial charge in [-0.25, -0.2) is 0 Å². The van der Waals surface area contributed by atoms with Crippen LogP contribution in [0, 0.1) is 0 Å². The number of aliphatic hydroxyl groups is 1. The average molecular weight is 293 g/mol. The Morgan fingerprint density at radius 1 is 1.33 bits per heavy atom. The van der Waals surface area contributed by atoms with Crippen LogP contribution in [0.2, 0.25) is 0 Å². The third kappa shape index (κ3) is 2.55. The molecule has 3 N–H and O–H groups in total. The van der Waals surface area contributed by atoms with Crippen LogP contribution >= 0.6 is 0 Å². The molecule has 0 bridgehead atoms. The molecule has 1 unspecified atom stereocenters. The number of carbonyl (C=O) groups is 1. The van der Waals surface area contributed by atoms with E-state index in [4.69, 9.17) is 19.9 Å². The van der Waals surface area contributed by atoms with Gasteiger partial charge in [-0.05, 0) is 31.5 Å². The second-order valence-corrected chi connectivity index (χ2v) is 5.83. The normalized spacial score (nSPS) is 33.9. The molecule has 2 aliphatic rings. The fraction of sp³-hybridized carbons (Fsp3) is 0.533. The molecule has 2 saturated heterocycles. The van der Waals surface area contributed by atoms with Crippen molar-refractivity contribution in [2.45, 2.75) is 44.1 Å². The fourth-order valence-electron chi connectivity index (χ4n) is 2.97. The van der Waals surface area contributed by atoms with Crippen molar-refractivity contribution in [3.8, 4) is 0 Å². The second-order valence-electron chi connectivity index (χ2n) is 5.83. The quantitative estimate of drug-likeness (QED) is 0.857. The molecule has 1 aromatic carbocycles. The predicted octanol–water partition coefficient (Wildman–Crippen LogP) is 0.738. The Labute approximate surface area is 122 Å². The van der Waals surface area contributed by atoms with E-state index in [-0.39, 0.29) is 18.8 Å². The number of carbonyl (C=O) groups excluding carboxylic acids is 1. The van der Waals surface area contributed by atoms with Gasteiger partial charge in [-0.15, -0.1) is 0 Å². The van der Waals surface area contributed by atoms with Crippen LogP contribution in [0.3, 0.4) is 0 Å². The number of ether oxygens (including phenoxy) is 3. The summed E-state index contributed by atoms with van der Waals surface area (Å²) in [4.78, 5) is 11.3. The average Bonchev–Trinajstić information content (AvgIpc) is 2.91. The van der Waals surface area contributed by atoms with Gasteiger partial charge in [0.2, 0.25) is 5.91 Å². The van der Waals surface area contributed by atoms with Gasteiger partial charge >= 0.3 is 0 Å². The molecule has 0 aliphatic carbocycles. The predicted molar refractivity (Wildman–Crippen MR) is 73.5 cm³/mol. The lowest BCUT2D eigenvalue weighted by atomic mass is 10.00. The van der Waals surface area contributed by atoms with Crippen molar-refractivity contribution in [1.82, 2.24) is 0 Å². The van der Waals surface area contributed by atoms with E-state index in [0.29, 0.717) is 5.56 Å². The van der Waals surface area contributed by atoms with Gasteiger partial charge in [0.15, 0.2) is 5.79 Å². The molecule has 0 spiro atoms. The molecule has 2 aliphatic heterocycles. The molecule has 2 heterocycles. The number of hydrogen-bond acceptors (Lipinski definition) is 5. The lowest BCUT2D eigenvalue weighted by molar-refractivity contribution is -0.191. The van der Waals surface area contributed by atoms with Crippen molar-refractivity contribution >= 4 is 5.91 Å². The number of hydrogen-bond donors (Lipinski definition) is 2. The van der Waals surface area contributed by atoms with Crippen molar-refractivity contribution in [2.24, 2.45) is 5.73 Å². The van der Waals surface area contributed by atoms with E-state index in [9.17, 15) is 9.90 Å². The van der Waals surface area contributed by atoms with E-state index >= 15 is 0 Å². The Hall–Kier alpha value is -1.47. The molecular formula is C15H19NO5. The number of nitrogens with two attached hydrogens (primary N) is 1. The molecule has 114 valence electrons. The first-order valence-electron chi connectivity index (χ1n) is 6.93. The van der Waals surface area contributed by atoms with Crippen LogP contribution in [0.1, 0.15) is 35.9 Å².